The monoisotopic (exact) mass is 366 g/mol. The molecule has 1 saturated carbocycles. The van der Waals surface area contributed by atoms with Crippen molar-refractivity contribution in [3.63, 3.8) is 0 Å². The summed E-state index contributed by atoms with van der Waals surface area (Å²) in [6.45, 7) is 4.07. The average molecular weight is 366 g/mol. The number of esters is 1. The zero-order valence-corrected chi connectivity index (χ0v) is 15.7. The molecule has 0 N–H and O–H groups in total. The Morgan fingerprint density at radius 1 is 1.22 bits per heavy atom. The number of carbonyl (C=O) groups excluding carboxylic acids is 1. The van der Waals surface area contributed by atoms with E-state index in [1.165, 1.54) is 7.11 Å². The molecule has 1 aromatic carbocycles. The van der Waals surface area contributed by atoms with Crippen LogP contribution in [0.1, 0.15) is 64.6 Å². The Bertz CT molecular complexity index is 1070. The number of furan rings is 1. The third kappa shape index (κ3) is 2.97. The maximum Gasteiger partial charge on any atom is 0.337 e. The van der Waals surface area contributed by atoms with E-state index in [2.05, 4.69) is 0 Å². The summed E-state index contributed by atoms with van der Waals surface area (Å²) >= 11 is 0. The summed E-state index contributed by atoms with van der Waals surface area (Å²) in [5, 5.41) is 0.427. The van der Waals surface area contributed by atoms with E-state index in [0.717, 1.165) is 29.9 Å². The number of carbonyl (C=O) groups is 1. The molecule has 0 radical (unpaired) electrons. The van der Waals surface area contributed by atoms with Crippen molar-refractivity contribution in [2.45, 2.75) is 44.9 Å². The van der Waals surface area contributed by atoms with Crippen molar-refractivity contribution >= 4 is 16.9 Å². The molecule has 5 nitrogen and oxygen atoms in total. The molecule has 0 bridgehead atoms. The van der Waals surface area contributed by atoms with Gasteiger partial charge in [-0.25, -0.2) is 4.79 Å². The predicted octanol–water partition coefficient (Wildman–Crippen LogP) is 4.70. The molecule has 3 aromatic rings. The van der Waals surface area contributed by atoms with Gasteiger partial charge in [-0.1, -0.05) is 13.3 Å². The fourth-order valence-electron chi connectivity index (χ4n) is 3.82. The number of ether oxygens (including phenoxy) is 1. The van der Waals surface area contributed by atoms with E-state index >= 15 is 0 Å². The Kier molecular flexibility index (Phi) is 4.38. The van der Waals surface area contributed by atoms with Crippen LogP contribution in [0.15, 0.2) is 44.2 Å². The molecular formula is C22H22O5. The van der Waals surface area contributed by atoms with Crippen LogP contribution in [0.2, 0.25) is 0 Å². The summed E-state index contributed by atoms with van der Waals surface area (Å²) in [4.78, 5) is 25.0. The molecule has 5 heteroatoms. The van der Waals surface area contributed by atoms with Crippen molar-refractivity contribution in [3.05, 3.63) is 69.0 Å². The Balaban J connectivity index is 1.81. The number of methoxy groups -OCH3 is 1. The largest absolute Gasteiger partial charge is 0.469 e. The van der Waals surface area contributed by atoms with Gasteiger partial charge in [0.25, 0.3) is 0 Å². The molecular weight excluding hydrogens is 344 g/mol. The minimum Gasteiger partial charge on any atom is -0.469 e. The lowest BCUT2D eigenvalue weighted by Gasteiger charge is -2.10. The van der Waals surface area contributed by atoms with Crippen LogP contribution in [0.25, 0.3) is 11.0 Å². The second-order valence-electron chi connectivity index (χ2n) is 7.14. The van der Waals surface area contributed by atoms with Crippen molar-refractivity contribution in [2.24, 2.45) is 0 Å². The lowest BCUT2D eigenvalue weighted by Crippen LogP contribution is -2.13. The van der Waals surface area contributed by atoms with E-state index in [9.17, 15) is 9.59 Å². The highest BCUT2D eigenvalue weighted by Crippen LogP contribution is 2.56. The molecule has 1 aliphatic rings. The maximum atomic E-state index is 13.2. The van der Waals surface area contributed by atoms with Gasteiger partial charge in [0.15, 0.2) is 5.43 Å². The minimum absolute atomic E-state index is 0.0549. The fourth-order valence-corrected chi connectivity index (χ4v) is 3.82. The van der Waals surface area contributed by atoms with Crippen LogP contribution in [0.4, 0.5) is 0 Å². The van der Waals surface area contributed by atoms with Crippen molar-refractivity contribution in [1.29, 1.82) is 0 Å². The van der Waals surface area contributed by atoms with Gasteiger partial charge in [-0.05, 0) is 49.6 Å². The van der Waals surface area contributed by atoms with E-state index in [1.807, 2.05) is 19.9 Å². The molecule has 1 fully saturated rings. The highest BCUT2D eigenvalue weighted by molar-refractivity contribution is 5.94. The van der Waals surface area contributed by atoms with Gasteiger partial charge in [-0.2, -0.15) is 0 Å². The van der Waals surface area contributed by atoms with E-state index in [-0.39, 0.29) is 17.3 Å². The lowest BCUT2D eigenvalue weighted by atomic mass is 10.0. The Morgan fingerprint density at radius 2 is 2.00 bits per heavy atom. The minimum atomic E-state index is -0.465. The first-order valence-electron chi connectivity index (χ1n) is 9.27. The molecule has 4 rings (SSSR count). The highest BCUT2D eigenvalue weighted by atomic mass is 16.5. The summed E-state index contributed by atoms with van der Waals surface area (Å²) in [5.41, 5.74) is 2.64. The van der Waals surface area contributed by atoms with Gasteiger partial charge in [0.1, 0.15) is 17.1 Å². The average Bonchev–Trinajstić information content (AvgIpc) is 3.35. The zero-order valence-electron chi connectivity index (χ0n) is 15.7. The van der Waals surface area contributed by atoms with Crippen molar-refractivity contribution in [3.8, 4) is 0 Å². The molecule has 1 aliphatic carbocycles. The second kappa shape index (κ2) is 6.72. The van der Waals surface area contributed by atoms with Gasteiger partial charge < -0.3 is 13.6 Å². The smallest absolute Gasteiger partial charge is 0.337 e. The molecule has 2 aromatic heterocycles. The van der Waals surface area contributed by atoms with E-state index in [0.29, 0.717) is 28.5 Å². The third-order valence-electron chi connectivity index (χ3n) is 5.30. The molecule has 0 spiro atoms. The Hall–Kier alpha value is -2.82. The highest BCUT2D eigenvalue weighted by Gasteiger charge is 2.46. The second-order valence-corrected chi connectivity index (χ2v) is 7.14. The molecule has 0 amide bonds. The van der Waals surface area contributed by atoms with Crippen LogP contribution >= 0.6 is 0 Å². The lowest BCUT2D eigenvalue weighted by molar-refractivity contribution is 0.0601. The van der Waals surface area contributed by atoms with Crippen LogP contribution < -0.4 is 5.43 Å². The van der Waals surface area contributed by atoms with Gasteiger partial charge in [0, 0.05) is 17.4 Å². The quantitative estimate of drug-likeness (QED) is 0.612. The number of hydrogen-bond acceptors (Lipinski definition) is 5. The SMILES string of the molecule is CCCc1c(C2CC2c2occc2C)oc2ccc(C(=O)OC)cc2c1=O. The first-order chi connectivity index (χ1) is 13.0. The molecule has 140 valence electrons. The number of fused-ring (bicyclic) bond motifs is 1. The first kappa shape index (κ1) is 17.6. The summed E-state index contributed by atoms with van der Waals surface area (Å²) in [5.74, 6) is 1.69. The van der Waals surface area contributed by atoms with Gasteiger partial charge in [-0.15, -0.1) is 0 Å². The maximum absolute atomic E-state index is 13.2. The van der Waals surface area contributed by atoms with Gasteiger partial charge in [-0.3, -0.25) is 4.79 Å². The van der Waals surface area contributed by atoms with Gasteiger partial charge in [0.05, 0.1) is 24.3 Å². The third-order valence-corrected chi connectivity index (χ3v) is 5.30. The summed E-state index contributed by atoms with van der Waals surface area (Å²) in [6, 6.07) is 6.83. The van der Waals surface area contributed by atoms with Crippen LogP contribution in [-0.2, 0) is 11.2 Å². The zero-order chi connectivity index (χ0) is 19.1. The fraction of sp³-hybridized carbons (Fsp3) is 0.364. The molecule has 0 aliphatic heterocycles. The number of benzene rings is 1. The number of rotatable bonds is 5. The Labute approximate surface area is 156 Å². The molecule has 0 saturated heterocycles. The molecule has 2 unspecified atom stereocenters. The first-order valence-corrected chi connectivity index (χ1v) is 9.27. The summed E-state index contributed by atoms with van der Waals surface area (Å²) < 4.78 is 16.6. The summed E-state index contributed by atoms with van der Waals surface area (Å²) in [7, 11) is 1.32. The van der Waals surface area contributed by atoms with E-state index < -0.39 is 5.97 Å². The van der Waals surface area contributed by atoms with E-state index in [1.54, 1.807) is 24.5 Å². The molecule has 2 heterocycles. The molecule has 27 heavy (non-hydrogen) atoms. The van der Waals surface area contributed by atoms with Gasteiger partial charge in [0.2, 0.25) is 0 Å². The van der Waals surface area contributed by atoms with Gasteiger partial charge >= 0.3 is 5.97 Å². The van der Waals surface area contributed by atoms with Crippen molar-refractivity contribution in [2.75, 3.05) is 7.11 Å². The van der Waals surface area contributed by atoms with Crippen LogP contribution in [-0.4, -0.2) is 13.1 Å². The normalized spacial score (nSPS) is 18.6. The topological polar surface area (TPSA) is 69.7 Å². The van der Waals surface area contributed by atoms with Crippen LogP contribution in [0.3, 0.4) is 0 Å². The Morgan fingerprint density at radius 3 is 2.67 bits per heavy atom. The van der Waals surface area contributed by atoms with Crippen LogP contribution in [0, 0.1) is 6.92 Å². The number of hydrogen-bond donors (Lipinski definition) is 0. The molecule has 2 atom stereocenters. The van der Waals surface area contributed by atoms with Crippen molar-refractivity contribution in [1.82, 2.24) is 0 Å². The summed E-state index contributed by atoms with van der Waals surface area (Å²) in [6.07, 6.45) is 4.12. The predicted molar refractivity (Wildman–Crippen MR) is 101 cm³/mol. The standard InChI is InChI=1S/C22H22O5/c1-4-5-14-19(23)17-10-13(22(24)25-3)6-7-18(17)27-21(14)16-11-15(16)20-12(2)8-9-26-20/h6-10,15-16H,4-5,11H2,1-3H3. The van der Waals surface area contributed by atoms with Crippen molar-refractivity contribution < 1.29 is 18.4 Å². The van der Waals surface area contributed by atoms with Crippen LogP contribution in [0.5, 0.6) is 0 Å². The van der Waals surface area contributed by atoms with E-state index in [4.69, 9.17) is 13.6 Å². The number of aryl methyl sites for hydroxylation is 1.